The summed E-state index contributed by atoms with van der Waals surface area (Å²) in [5, 5.41) is 10.1. The number of aryl methyl sites for hydroxylation is 1. The first-order chi connectivity index (χ1) is 12.7. The van der Waals surface area contributed by atoms with Gasteiger partial charge in [0, 0.05) is 13.0 Å². The topological polar surface area (TPSA) is 99.9 Å². The Hall–Kier alpha value is -2.74. The van der Waals surface area contributed by atoms with E-state index >= 15 is 0 Å². The SMILES string of the molecule is Cc1nonc1NC(=O)CN1CCCC(Cc2nc3ccccc3[nH]2)C1. The molecule has 1 saturated heterocycles. The van der Waals surface area contributed by atoms with Crippen LogP contribution in [0.4, 0.5) is 5.82 Å². The van der Waals surface area contributed by atoms with E-state index < -0.39 is 0 Å². The summed E-state index contributed by atoms with van der Waals surface area (Å²) in [6.07, 6.45) is 3.14. The molecule has 3 aromatic rings. The lowest BCUT2D eigenvalue weighted by atomic mass is 9.94. The van der Waals surface area contributed by atoms with Crippen LogP contribution in [0.15, 0.2) is 28.9 Å². The molecule has 1 aromatic carbocycles. The number of benzene rings is 1. The molecule has 0 aliphatic carbocycles. The van der Waals surface area contributed by atoms with Crippen molar-refractivity contribution < 1.29 is 9.42 Å². The van der Waals surface area contributed by atoms with Crippen LogP contribution in [0, 0.1) is 12.8 Å². The second-order valence-electron chi connectivity index (χ2n) is 6.89. The third-order valence-electron chi connectivity index (χ3n) is 4.80. The van der Waals surface area contributed by atoms with Gasteiger partial charge in [-0.05, 0) is 49.5 Å². The van der Waals surface area contributed by atoms with Crippen molar-refractivity contribution in [1.82, 2.24) is 25.2 Å². The van der Waals surface area contributed by atoms with Crippen molar-refractivity contribution in [2.45, 2.75) is 26.2 Å². The van der Waals surface area contributed by atoms with Gasteiger partial charge in [0.15, 0.2) is 5.82 Å². The Morgan fingerprint density at radius 2 is 2.27 bits per heavy atom. The number of para-hydroxylation sites is 2. The van der Waals surface area contributed by atoms with Crippen molar-refractivity contribution >= 4 is 22.8 Å². The molecular weight excluding hydrogens is 332 g/mol. The van der Waals surface area contributed by atoms with E-state index in [0.717, 1.165) is 49.2 Å². The maximum atomic E-state index is 12.2. The molecule has 4 rings (SSSR count). The van der Waals surface area contributed by atoms with Crippen molar-refractivity contribution in [3.8, 4) is 0 Å². The van der Waals surface area contributed by atoms with E-state index in [1.807, 2.05) is 24.3 Å². The first-order valence-electron chi connectivity index (χ1n) is 8.92. The van der Waals surface area contributed by atoms with Crippen molar-refractivity contribution in [2.75, 3.05) is 25.0 Å². The summed E-state index contributed by atoms with van der Waals surface area (Å²) in [7, 11) is 0. The van der Waals surface area contributed by atoms with Gasteiger partial charge in [-0.1, -0.05) is 17.3 Å². The van der Waals surface area contributed by atoms with Crippen LogP contribution in [-0.2, 0) is 11.2 Å². The number of piperidine rings is 1. The minimum atomic E-state index is -0.0896. The molecule has 0 saturated carbocycles. The average molecular weight is 354 g/mol. The lowest BCUT2D eigenvalue weighted by molar-refractivity contribution is -0.117. The highest BCUT2D eigenvalue weighted by molar-refractivity contribution is 5.91. The average Bonchev–Trinajstić information content (AvgIpc) is 3.20. The molecule has 2 N–H and O–H groups in total. The maximum Gasteiger partial charge on any atom is 0.239 e. The zero-order valence-electron chi connectivity index (χ0n) is 14.7. The number of anilines is 1. The van der Waals surface area contributed by atoms with Gasteiger partial charge in [-0.15, -0.1) is 0 Å². The number of aromatic amines is 1. The van der Waals surface area contributed by atoms with Gasteiger partial charge in [0.05, 0.1) is 17.6 Å². The number of hydrogen-bond acceptors (Lipinski definition) is 6. The molecule has 2 aromatic heterocycles. The minimum absolute atomic E-state index is 0.0896. The van der Waals surface area contributed by atoms with Crippen LogP contribution < -0.4 is 5.32 Å². The van der Waals surface area contributed by atoms with Crippen molar-refractivity contribution in [3.05, 3.63) is 35.8 Å². The molecule has 8 nitrogen and oxygen atoms in total. The molecular formula is C18H22N6O2. The first kappa shape index (κ1) is 16.7. The lowest BCUT2D eigenvalue weighted by Crippen LogP contribution is -2.41. The number of H-pyrrole nitrogens is 1. The first-order valence-corrected chi connectivity index (χ1v) is 8.92. The standard InChI is InChI=1S/C18H22N6O2/c1-12-18(23-26-22-12)21-17(25)11-24-8-4-5-13(10-24)9-16-19-14-6-2-3-7-15(14)20-16/h2-3,6-7,13H,4-5,8-11H2,1H3,(H,19,20)(H,21,23,25). The van der Waals surface area contributed by atoms with Crippen molar-refractivity contribution in [3.63, 3.8) is 0 Å². The molecule has 26 heavy (non-hydrogen) atoms. The van der Waals surface area contributed by atoms with E-state index in [4.69, 9.17) is 0 Å². The fourth-order valence-corrected chi connectivity index (χ4v) is 3.56. The number of rotatable bonds is 5. The molecule has 1 fully saturated rings. The van der Waals surface area contributed by atoms with Gasteiger partial charge in [-0.3, -0.25) is 9.69 Å². The number of nitrogens with zero attached hydrogens (tertiary/aromatic N) is 4. The fourth-order valence-electron chi connectivity index (χ4n) is 3.56. The van der Waals surface area contributed by atoms with Crippen LogP contribution in [-0.4, -0.2) is 50.7 Å². The summed E-state index contributed by atoms with van der Waals surface area (Å²) in [6.45, 7) is 3.92. The van der Waals surface area contributed by atoms with Crippen LogP contribution in [0.25, 0.3) is 11.0 Å². The Kier molecular flexibility index (Phi) is 4.66. The molecule has 1 atom stereocenters. The van der Waals surface area contributed by atoms with Gasteiger partial charge >= 0.3 is 0 Å². The quantitative estimate of drug-likeness (QED) is 0.728. The van der Waals surface area contributed by atoms with Crippen LogP contribution in [0.1, 0.15) is 24.4 Å². The van der Waals surface area contributed by atoms with E-state index in [2.05, 4.69) is 35.1 Å². The number of hydrogen-bond donors (Lipinski definition) is 2. The fraction of sp³-hybridized carbons (Fsp3) is 0.444. The monoisotopic (exact) mass is 354 g/mol. The van der Waals surface area contributed by atoms with Gasteiger partial charge in [0.2, 0.25) is 5.91 Å². The largest absolute Gasteiger partial charge is 0.342 e. The third-order valence-corrected chi connectivity index (χ3v) is 4.80. The van der Waals surface area contributed by atoms with Gasteiger partial charge in [-0.25, -0.2) is 9.61 Å². The van der Waals surface area contributed by atoms with E-state index in [-0.39, 0.29) is 5.91 Å². The second-order valence-corrected chi connectivity index (χ2v) is 6.89. The lowest BCUT2D eigenvalue weighted by Gasteiger charge is -2.31. The molecule has 1 aliphatic heterocycles. The highest BCUT2D eigenvalue weighted by Crippen LogP contribution is 2.21. The molecule has 0 spiro atoms. The molecule has 1 amide bonds. The van der Waals surface area contributed by atoms with Crippen molar-refractivity contribution in [2.24, 2.45) is 5.92 Å². The second kappa shape index (κ2) is 7.25. The zero-order chi connectivity index (χ0) is 17.9. The Morgan fingerprint density at radius 1 is 1.38 bits per heavy atom. The number of nitrogens with one attached hydrogen (secondary N) is 2. The smallest absolute Gasteiger partial charge is 0.239 e. The van der Waals surface area contributed by atoms with Crippen LogP contribution in [0.5, 0.6) is 0 Å². The third kappa shape index (κ3) is 3.75. The van der Waals surface area contributed by atoms with E-state index in [1.165, 1.54) is 0 Å². The van der Waals surface area contributed by atoms with E-state index in [9.17, 15) is 4.79 Å². The van der Waals surface area contributed by atoms with Crippen LogP contribution in [0.2, 0.25) is 0 Å². The zero-order valence-corrected chi connectivity index (χ0v) is 14.7. The summed E-state index contributed by atoms with van der Waals surface area (Å²) >= 11 is 0. The number of fused-ring (bicyclic) bond motifs is 1. The summed E-state index contributed by atoms with van der Waals surface area (Å²) < 4.78 is 4.61. The Labute approximate surface area is 150 Å². The van der Waals surface area contributed by atoms with Crippen LogP contribution >= 0.6 is 0 Å². The minimum Gasteiger partial charge on any atom is -0.342 e. The summed E-state index contributed by atoms with van der Waals surface area (Å²) in [6, 6.07) is 8.08. The van der Waals surface area contributed by atoms with Gasteiger partial charge < -0.3 is 10.3 Å². The van der Waals surface area contributed by atoms with Crippen molar-refractivity contribution in [1.29, 1.82) is 0 Å². The Balaban J connectivity index is 1.33. The molecule has 0 radical (unpaired) electrons. The summed E-state index contributed by atoms with van der Waals surface area (Å²) in [5.74, 6) is 1.82. The van der Waals surface area contributed by atoms with E-state index in [1.54, 1.807) is 6.92 Å². The summed E-state index contributed by atoms with van der Waals surface area (Å²) in [4.78, 5) is 22.5. The Bertz CT molecular complexity index is 869. The predicted molar refractivity (Wildman–Crippen MR) is 96.6 cm³/mol. The number of carbonyl (C=O) groups excluding carboxylic acids is 1. The molecule has 136 valence electrons. The number of aromatic nitrogens is 4. The number of likely N-dealkylation sites (tertiary alicyclic amines) is 1. The van der Waals surface area contributed by atoms with Gasteiger partial charge in [0.25, 0.3) is 0 Å². The van der Waals surface area contributed by atoms with Crippen LogP contribution in [0.3, 0.4) is 0 Å². The normalized spacial score (nSPS) is 18.3. The number of amides is 1. The molecule has 1 unspecified atom stereocenters. The number of carbonyl (C=O) groups is 1. The molecule has 1 aliphatic rings. The predicted octanol–water partition coefficient (Wildman–Crippen LogP) is 2.15. The molecule has 3 heterocycles. The maximum absolute atomic E-state index is 12.2. The molecule has 0 bridgehead atoms. The van der Waals surface area contributed by atoms with E-state index in [0.29, 0.717) is 24.0 Å². The number of imidazole rings is 1. The highest BCUT2D eigenvalue weighted by atomic mass is 16.6. The van der Waals surface area contributed by atoms with Gasteiger partial charge in [0.1, 0.15) is 11.5 Å². The Morgan fingerprint density at radius 3 is 3.08 bits per heavy atom. The van der Waals surface area contributed by atoms with Gasteiger partial charge in [-0.2, -0.15) is 0 Å². The highest BCUT2D eigenvalue weighted by Gasteiger charge is 2.23. The molecule has 8 heteroatoms. The summed E-state index contributed by atoms with van der Waals surface area (Å²) in [5.41, 5.74) is 2.66.